The number of aromatic nitrogens is 1. The van der Waals surface area contributed by atoms with Crippen molar-refractivity contribution in [2.75, 3.05) is 0 Å². The minimum absolute atomic E-state index is 0.00901. The summed E-state index contributed by atoms with van der Waals surface area (Å²) in [5.74, 6) is -0.00901. The van der Waals surface area contributed by atoms with Crippen molar-refractivity contribution in [1.82, 2.24) is 4.98 Å². The first-order valence-corrected chi connectivity index (χ1v) is 4.00. The predicted octanol–water partition coefficient (Wildman–Crippen LogP) is 2.40. The highest BCUT2D eigenvalue weighted by atomic mass is 35.5. The van der Waals surface area contributed by atoms with Crippen LogP contribution in [0.15, 0.2) is 18.3 Å². The zero-order valence-corrected chi connectivity index (χ0v) is 7.26. The number of aromatic amines is 1. The minimum atomic E-state index is -0.00901. The first-order chi connectivity index (χ1) is 6.24. The van der Waals surface area contributed by atoms with Crippen molar-refractivity contribution < 1.29 is 5.11 Å². The number of nitriles is 1. The molecule has 0 saturated heterocycles. The molecular formula is C9H5ClN2O. The lowest BCUT2D eigenvalue weighted by molar-refractivity contribution is 0.476. The summed E-state index contributed by atoms with van der Waals surface area (Å²) in [5.41, 5.74) is 1.19. The first kappa shape index (κ1) is 7.96. The van der Waals surface area contributed by atoms with Crippen molar-refractivity contribution in [2.45, 2.75) is 0 Å². The lowest BCUT2D eigenvalue weighted by atomic mass is 10.2. The molecule has 1 aromatic heterocycles. The zero-order chi connectivity index (χ0) is 9.42. The molecule has 0 atom stereocenters. The van der Waals surface area contributed by atoms with Crippen molar-refractivity contribution in [3.8, 4) is 11.8 Å². The maximum Gasteiger partial charge on any atom is 0.134 e. The summed E-state index contributed by atoms with van der Waals surface area (Å²) in [6.45, 7) is 0. The third kappa shape index (κ3) is 1.04. The van der Waals surface area contributed by atoms with E-state index in [-0.39, 0.29) is 10.8 Å². The first-order valence-electron chi connectivity index (χ1n) is 3.62. The average Bonchev–Trinajstić information content (AvgIpc) is 2.55. The Morgan fingerprint density at radius 3 is 2.92 bits per heavy atom. The van der Waals surface area contributed by atoms with Gasteiger partial charge >= 0.3 is 0 Å². The third-order valence-corrected chi connectivity index (χ3v) is 2.27. The maximum absolute atomic E-state index is 9.30. The Balaban J connectivity index is 2.95. The molecule has 0 spiro atoms. The second-order valence-corrected chi connectivity index (χ2v) is 3.01. The van der Waals surface area contributed by atoms with Crippen LogP contribution in [0.3, 0.4) is 0 Å². The molecule has 0 fully saturated rings. The van der Waals surface area contributed by atoms with Crippen LogP contribution in [0, 0.1) is 11.3 Å². The smallest absolute Gasteiger partial charge is 0.134 e. The van der Waals surface area contributed by atoms with E-state index in [0.29, 0.717) is 10.9 Å². The molecule has 13 heavy (non-hydrogen) atoms. The summed E-state index contributed by atoms with van der Waals surface area (Å²) in [5, 5.41) is 18.8. The molecule has 64 valence electrons. The monoisotopic (exact) mass is 192 g/mol. The molecule has 2 N–H and O–H groups in total. The van der Waals surface area contributed by atoms with Gasteiger partial charge in [0.05, 0.1) is 10.6 Å². The number of nitrogens with one attached hydrogen (secondary N) is 1. The molecule has 0 unspecified atom stereocenters. The van der Waals surface area contributed by atoms with E-state index in [9.17, 15) is 5.11 Å². The maximum atomic E-state index is 9.30. The van der Waals surface area contributed by atoms with Gasteiger partial charge in [-0.3, -0.25) is 0 Å². The normalized spacial score (nSPS) is 10.2. The van der Waals surface area contributed by atoms with Crippen LogP contribution in [0.25, 0.3) is 10.9 Å². The Labute approximate surface area is 79.2 Å². The number of halogens is 1. The average molecular weight is 193 g/mol. The van der Waals surface area contributed by atoms with E-state index in [4.69, 9.17) is 16.9 Å². The van der Waals surface area contributed by atoms with E-state index < -0.39 is 0 Å². The molecule has 0 aliphatic heterocycles. The number of fused-ring (bicyclic) bond motifs is 1. The number of rotatable bonds is 0. The summed E-state index contributed by atoms with van der Waals surface area (Å²) in [4.78, 5) is 2.89. The fourth-order valence-electron chi connectivity index (χ4n) is 1.26. The van der Waals surface area contributed by atoms with Crippen molar-refractivity contribution in [3.05, 3.63) is 28.9 Å². The Morgan fingerprint density at radius 1 is 1.46 bits per heavy atom. The Bertz CT molecular complexity index is 510. The lowest BCUT2D eigenvalue weighted by Gasteiger charge is -1.97. The van der Waals surface area contributed by atoms with Crippen LogP contribution in [0.2, 0.25) is 5.02 Å². The summed E-state index contributed by atoms with van der Waals surface area (Å²) in [7, 11) is 0. The van der Waals surface area contributed by atoms with E-state index in [0.717, 1.165) is 5.52 Å². The van der Waals surface area contributed by atoms with Gasteiger partial charge in [0.25, 0.3) is 0 Å². The molecule has 0 saturated carbocycles. The van der Waals surface area contributed by atoms with Crippen LogP contribution in [-0.2, 0) is 0 Å². The van der Waals surface area contributed by atoms with Gasteiger partial charge in [-0.05, 0) is 12.1 Å². The second-order valence-electron chi connectivity index (χ2n) is 2.64. The summed E-state index contributed by atoms with van der Waals surface area (Å²) in [6.07, 6.45) is 1.57. The highest BCUT2D eigenvalue weighted by molar-refractivity contribution is 6.37. The summed E-state index contributed by atoms with van der Waals surface area (Å²) < 4.78 is 0. The number of H-pyrrole nitrogens is 1. The minimum Gasteiger partial charge on any atom is -0.506 e. The van der Waals surface area contributed by atoms with Crippen LogP contribution >= 0.6 is 11.6 Å². The van der Waals surface area contributed by atoms with E-state index in [2.05, 4.69) is 4.98 Å². The van der Waals surface area contributed by atoms with Crippen molar-refractivity contribution >= 4 is 22.5 Å². The fourth-order valence-corrected chi connectivity index (χ4v) is 1.53. The molecular weight excluding hydrogens is 188 g/mol. The molecule has 0 radical (unpaired) electrons. The Kier molecular flexibility index (Phi) is 1.64. The quantitative estimate of drug-likeness (QED) is 0.673. The number of hydrogen-bond donors (Lipinski definition) is 2. The predicted molar refractivity (Wildman–Crippen MR) is 49.7 cm³/mol. The van der Waals surface area contributed by atoms with E-state index in [1.165, 1.54) is 6.07 Å². The van der Waals surface area contributed by atoms with Crippen molar-refractivity contribution in [3.63, 3.8) is 0 Å². The number of phenolic OH excluding ortho intramolecular Hbond substituents is 1. The molecule has 4 heteroatoms. The van der Waals surface area contributed by atoms with Gasteiger partial charge in [-0.1, -0.05) is 11.6 Å². The van der Waals surface area contributed by atoms with E-state index in [1.807, 2.05) is 6.07 Å². The van der Waals surface area contributed by atoms with Gasteiger partial charge in [0.15, 0.2) is 0 Å². The van der Waals surface area contributed by atoms with Gasteiger partial charge in [0, 0.05) is 17.1 Å². The largest absolute Gasteiger partial charge is 0.506 e. The number of hydrogen-bond acceptors (Lipinski definition) is 2. The Hall–Kier alpha value is -1.66. The number of nitrogens with zero attached hydrogens (tertiary/aromatic N) is 1. The highest BCUT2D eigenvalue weighted by Crippen LogP contribution is 2.33. The SMILES string of the molecule is N#Cc1c[nH]c2ccc(O)c(Cl)c12. The van der Waals surface area contributed by atoms with Gasteiger partial charge < -0.3 is 10.1 Å². The number of aromatic hydroxyl groups is 1. The zero-order valence-electron chi connectivity index (χ0n) is 6.50. The summed E-state index contributed by atoms with van der Waals surface area (Å²) in [6, 6.07) is 5.16. The van der Waals surface area contributed by atoms with E-state index >= 15 is 0 Å². The topological polar surface area (TPSA) is 59.8 Å². The van der Waals surface area contributed by atoms with Crippen molar-refractivity contribution in [2.24, 2.45) is 0 Å². The van der Waals surface area contributed by atoms with Gasteiger partial charge in [-0.25, -0.2) is 0 Å². The van der Waals surface area contributed by atoms with E-state index in [1.54, 1.807) is 12.3 Å². The molecule has 1 aromatic carbocycles. The highest BCUT2D eigenvalue weighted by Gasteiger charge is 2.09. The van der Waals surface area contributed by atoms with Gasteiger partial charge in [-0.15, -0.1) is 0 Å². The molecule has 0 bridgehead atoms. The van der Waals surface area contributed by atoms with Crippen LogP contribution in [0.5, 0.6) is 5.75 Å². The van der Waals surface area contributed by atoms with Gasteiger partial charge in [0.2, 0.25) is 0 Å². The van der Waals surface area contributed by atoms with Crippen LogP contribution in [0.4, 0.5) is 0 Å². The van der Waals surface area contributed by atoms with Gasteiger partial charge in [-0.2, -0.15) is 5.26 Å². The Morgan fingerprint density at radius 2 is 2.23 bits per heavy atom. The standard InChI is InChI=1S/C9H5ClN2O/c10-9-7(13)2-1-6-8(9)5(3-11)4-12-6/h1-2,4,12-13H. The lowest BCUT2D eigenvalue weighted by Crippen LogP contribution is -1.74. The van der Waals surface area contributed by atoms with Gasteiger partial charge in [0.1, 0.15) is 11.8 Å². The molecule has 3 nitrogen and oxygen atoms in total. The molecule has 1 heterocycles. The molecule has 2 aromatic rings. The van der Waals surface area contributed by atoms with Crippen LogP contribution < -0.4 is 0 Å². The van der Waals surface area contributed by atoms with Crippen molar-refractivity contribution in [1.29, 1.82) is 5.26 Å². The molecule has 0 amide bonds. The third-order valence-electron chi connectivity index (χ3n) is 1.88. The second kappa shape index (κ2) is 2.68. The fraction of sp³-hybridized carbons (Fsp3) is 0. The van der Waals surface area contributed by atoms with Crippen LogP contribution in [0.1, 0.15) is 5.56 Å². The molecule has 0 aliphatic carbocycles. The molecule has 0 aliphatic rings. The molecule has 2 rings (SSSR count). The van der Waals surface area contributed by atoms with Crippen LogP contribution in [-0.4, -0.2) is 10.1 Å². The summed E-state index contributed by atoms with van der Waals surface area (Å²) >= 11 is 5.83. The number of benzene rings is 1. The number of phenols is 1.